The van der Waals surface area contributed by atoms with Gasteiger partial charge in [0.25, 0.3) is 0 Å². The topological polar surface area (TPSA) is 62.9 Å². The molecule has 0 saturated carbocycles. The van der Waals surface area contributed by atoms with Gasteiger partial charge in [0.2, 0.25) is 5.76 Å². The molecule has 0 aliphatic carbocycles. The van der Waals surface area contributed by atoms with Gasteiger partial charge in [-0.15, -0.1) is 0 Å². The van der Waals surface area contributed by atoms with Crippen molar-refractivity contribution in [1.29, 1.82) is 0 Å². The van der Waals surface area contributed by atoms with Gasteiger partial charge in [-0.1, -0.05) is 0 Å². The van der Waals surface area contributed by atoms with Gasteiger partial charge in [-0.25, -0.2) is 4.79 Å². The van der Waals surface area contributed by atoms with Crippen molar-refractivity contribution in [3.8, 4) is 0 Å². The second kappa shape index (κ2) is 6.21. The predicted molar refractivity (Wildman–Crippen MR) is 69.7 cm³/mol. The fourth-order valence-corrected chi connectivity index (χ4v) is 2.51. The zero-order valence-electron chi connectivity index (χ0n) is 11.5. The van der Waals surface area contributed by atoms with E-state index in [0.29, 0.717) is 18.5 Å². The minimum Gasteiger partial charge on any atom is -0.463 e. The van der Waals surface area contributed by atoms with E-state index in [9.17, 15) is 9.90 Å². The highest BCUT2D eigenvalue weighted by atomic mass is 16.5. The Morgan fingerprint density at radius 3 is 3.00 bits per heavy atom. The molecule has 2 unspecified atom stereocenters. The second-order valence-electron chi connectivity index (χ2n) is 5.16. The Morgan fingerprint density at radius 2 is 2.32 bits per heavy atom. The monoisotopic (exact) mass is 267 g/mol. The number of carbonyl (C=O) groups is 1. The number of hydrogen-bond acceptors (Lipinski definition) is 5. The van der Waals surface area contributed by atoms with Crippen LogP contribution in [-0.4, -0.2) is 42.3 Å². The van der Waals surface area contributed by atoms with Crippen molar-refractivity contribution in [3.63, 3.8) is 0 Å². The third-order valence-electron chi connectivity index (χ3n) is 3.77. The molecule has 1 N–H and O–H groups in total. The van der Waals surface area contributed by atoms with Crippen LogP contribution in [0.4, 0.5) is 0 Å². The molecule has 2 atom stereocenters. The van der Waals surface area contributed by atoms with Gasteiger partial charge in [-0.3, -0.25) is 4.90 Å². The summed E-state index contributed by atoms with van der Waals surface area (Å²) in [4.78, 5) is 13.6. The zero-order valence-corrected chi connectivity index (χ0v) is 11.5. The van der Waals surface area contributed by atoms with Crippen molar-refractivity contribution < 1.29 is 19.1 Å². The molecule has 2 rings (SSSR count). The van der Waals surface area contributed by atoms with Gasteiger partial charge in [-0.05, 0) is 37.8 Å². The smallest absolute Gasteiger partial charge is 0.373 e. The highest BCUT2D eigenvalue weighted by molar-refractivity contribution is 5.86. The quantitative estimate of drug-likeness (QED) is 0.841. The van der Waals surface area contributed by atoms with Crippen molar-refractivity contribution >= 4 is 5.97 Å². The molecule has 0 amide bonds. The van der Waals surface area contributed by atoms with Crippen LogP contribution in [0.25, 0.3) is 0 Å². The number of likely N-dealkylation sites (tertiary alicyclic amines) is 1. The lowest BCUT2D eigenvalue weighted by molar-refractivity contribution is 0.0548. The molecule has 106 valence electrons. The fraction of sp³-hybridized carbons (Fsp3) is 0.643. The first kappa shape index (κ1) is 14.1. The Balaban J connectivity index is 1.99. The number of rotatable bonds is 4. The summed E-state index contributed by atoms with van der Waals surface area (Å²) < 4.78 is 10.1. The molecule has 0 spiro atoms. The van der Waals surface area contributed by atoms with E-state index in [4.69, 9.17) is 4.42 Å². The average Bonchev–Trinajstić information content (AvgIpc) is 2.89. The number of aliphatic hydroxyl groups is 1. The van der Waals surface area contributed by atoms with E-state index in [1.54, 1.807) is 6.07 Å². The highest BCUT2D eigenvalue weighted by Gasteiger charge is 2.26. The SMILES string of the molecule is COC(=O)c1ccc(CN2CC(CO)CCC2C)o1. The Bertz CT molecular complexity index is 429. The third-order valence-corrected chi connectivity index (χ3v) is 3.77. The lowest BCUT2D eigenvalue weighted by atomic mass is 9.94. The van der Waals surface area contributed by atoms with Crippen LogP contribution in [-0.2, 0) is 11.3 Å². The number of ether oxygens (including phenoxy) is 1. The molecule has 1 aliphatic rings. The van der Waals surface area contributed by atoms with Crippen molar-refractivity contribution in [3.05, 3.63) is 23.7 Å². The zero-order chi connectivity index (χ0) is 13.8. The van der Waals surface area contributed by atoms with Crippen molar-refractivity contribution in [2.24, 2.45) is 5.92 Å². The van der Waals surface area contributed by atoms with E-state index in [1.807, 2.05) is 6.07 Å². The van der Waals surface area contributed by atoms with Crippen LogP contribution >= 0.6 is 0 Å². The molecule has 0 bridgehead atoms. The van der Waals surface area contributed by atoms with Crippen LogP contribution in [0.15, 0.2) is 16.5 Å². The molecule has 2 heterocycles. The number of hydrogen-bond donors (Lipinski definition) is 1. The number of esters is 1. The van der Waals surface area contributed by atoms with Crippen molar-refractivity contribution in [1.82, 2.24) is 4.90 Å². The Hall–Kier alpha value is -1.33. The van der Waals surface area contributed by atoms with Gasteiger partial charge >= 0.3 is 5.97 Å². The van der Waals surface area contributed by atoms with Gasteiger partial charge in [0.1, 0.15) is 5.76 Å². The molecule has 1 aromatic heterocycles. The Kier molecular flexibility index (Phi) is 4.61. The van der Waals surface area contributed by atoms with Crippen LogP contribution in [0.1, 0.15) is 36.1 Å². The standard InChI is InChI=1S/C14H21NO4/c1-10-3-4-11(9-16)7-15(10)8-12-5-6-13(19-12)14(17)18-2/h5-6,10-11,16H,3-4,7-9H2,1-2H3. The maximum Gasteiger partial charge on any atom is 0.373 e. The lowest BCUT2D eigenvalue weighted by Crippen LogP contribution is -2.42. The molecular weight excluding hydrogens is 246 g/mol. The summed E-state index contributed by atoms with van der Waals surface area (Å²) in [6.07, 6.45) is 2.15. The molecule has 1 fully saturated rings. The molecule has 5 heteroatoms. The van der Waals surface area contributed by atoms with Crippen LogP contribution in [0.3, 0.4) is 0 Å². The van der Waals surface area contributed by atoms with E-state index in [0.717, 1.165) is 25.1 Å². The van der Waals surface area contributed by atoms with E-state index < -0.39 is 5.97 Å². The van der Waals surface area contributed by atoms with Gasteiger partial charge in [-0.2, -0.15) is 0 Å². The third kappa shape index (κ3) is 3.36. The van der Waals surface area contributed by atoms with Crippen LogP contribution in [0.5, 0.6) is 0 Å². The first-order valence-corrected chi connectivity index (χ1v) is 6.66. The van der Waals surface area contributed by atoms with Gasteiger partial charge in [0.05, 0.1) is 13.7 Å². The molecule has 5 nitrogen and oxygen atoms in total. The van der Waals surface area contributed by atoms with E-state index >= 15 is 0 Å². The van der Waals surface area contributed by atoms with E-state index in [-0.39, 0.29) is 12.4 Å². The molecule has 0 aromatic carbocycles. The van der Waals surface area contributed by atoms with E-state index in [2.05, 4.69) is 16.6 Å². The summed E-state index contributed by atoms with van der Waals surface area (Å²) >= 11 is 0. The number of methoxy groups -OCH3 is 1. The number of carbonyl (C=O) groups excluding carboxylic acids is 1. The molecule has 1 saturated heterocycles. The number of nitrogens with zero attached hydrogens (tertiary/aromatic N) is 1. The molecular formula is C14H21NO4. The highest BCUT2D eigenvalue weighted by Crippen LogP contribution is 2.24. The van der Waals surface area contributed by atoms with Gasteiger partial charge in [0, 0.05) is 19.2 Å². The summed E-state index contributed by atoms with van der Waals surface area (Å²) in [5.74, 6) is 0.879. The van der Waals surface area contributed by atoms with Gasteiger partial charge < -0.3 is 14.3 Å². The summed E-state index contributed by atoms with van der Waals surface area (Å²) in [6, 6.07) is 3.91. The first-order chi connectivity index (χ1) is 9.13. The molecule has 1 aromatic rings. The lowest BCUT2D eigenvalue weighted by Gasteiger charge is -2.36. The van der Waals surface area contributed by atoms with Crippen molar-refractivity contribution in [2.45, 2.75) is 32.4 Å². The van der Waals surface area contributed by atoms with Crippen LogP contribution in [0, 0.1) is 5.92 Å². The van der Waals surface area contributed by atoms with Crippen LogP contribution in [0.2, 0.25) is 0 Å². The summed E-state index contributed by atoms with van der Waals surface area (Å²) in [7, 11) is 1.34. The Morgan fingerprint density at radius 1 is 1.53 bits per heavy atom. The predicted octanol–water partition coefficient (Wildman–Crippen LogP) is 1.66. The summed E-state index contributed by atoms with van der Waals surface area (Å²) in [6.45, 7) is 3.94. The normalized spacial score (nSPS) is 24.4. The van der Waals surface area contributed by atoms with Crippen LogP contribution < -0.4 is 0 Å². The van der Waals surface area contributed by atoms with E-state index in [1.165, 1.54) is 7.11 Å². The minimum absolute atomic E-state index is 0.231. The van der Waals surface area contributed by atoms with Gasteiger partial charge in [0.15, 0.2) is 0 Å². The number of piperidine rings is 1. The summed E-state index contributed by atoms with van der Waals surface area (Å²) in [5, 5.41) is 9.26. The summed E-state index contributed by atoms with van der Waals surface area (Å²) in [5.41, 5.74) is 0. The largest absolute Gasteiger partial charge is 0.463 e. The molecule has 1 aliphatic heterocycles. The average molecular weight is 267 g/mol. The minimum atomic E-state index is -0.453. The first-order valence-electron chi connectivity index (χ1n) is 6.66. The maximum atomic E-state index is 11.3. The maximum absolute atomic E-state index is 11.3. The Labute approximate surface area is 113 Å². The molecule has 19 heavy (non-hydrogen) atoms. The number of furan rings is 1. The fourth-order valence-electron chi connectivity index (χ4n) is 2.51. The van der Waals surface area contributed by atoms with Crippen molar-refractivity contribution in [2.75, 3.05) is 20.3 Å². The number of aliphatic hydroxyl groups excluding tert-OH is 1. The molecule has 0 radical (unpaired) electrons. The second-order valence-corrected chi connectivity index (χ2v) is 5.16.